The number of benzene rings is 1. The number of methoxy groups -OCH3 is 2. The molecule has 0 saturated carbocycles. The number of carbonyl (C=O) groups is 1. The Labute approximate surface area is 232 Å². The standard InChI is InChI=1S/C32H45N3O4/c1-21-26-18-23(6-8-27(26)33-31(21)24-7-9-28(38-4)29(19-24)39-5)22-10-14-34(15-11-22)25-12-16-35(17-13-25)30(36)20-32(2,3)37/h7-9,18-19,22-23,25,33,37H,6,10-17,20H2,1-5H3. The number of amides is 1. The van der Waals surface area contributed by atoms with Crippen LogP contribution in [0.4, 0.5) is 0 Å². The van der Waals surface area contributed by atoms with Crippen molar-refractivity contribution in [1.29, 1.82) is 0 Å². The average Bonchev–Trinajstić information content (AvgIpc) is 3.27. The number of fused-ring (bicyclic) bond motifs is 1. The summed E-state index contributed by atoms with van der Waals surface area (Å²) < 4.78 is 11.0. The van der Waals surface area contributed by atoms with Gasteiger partial charge < -0.3 is 29.4 Å². The number of carbonyl (C=O) groups excluding carboxylic acids is 1. The lowest BCUT2D eigenvalue weighted by molar-refractivity contribution is -0.137. The molecule has 0 bridgehead atoms. The number of nitrogens with zero attached hydrogens (tertiary/aromatic N) is 2. The molecule has 0 radical (unpaired) electrons. The predicted octanol–water partition coefficient (Wildman–Crippen LogP) is 3.45. The Hall–Kier alpha value is -2.77. The Morgan fingerprint density at radius 2 is 1.74 bits per heavy atom. The van der Waals surface area contributed by atoms with Crippen LogP contribution in [0.15, 0.2) is 18.2 Å². The zero-order valence-electron chi connectivity index (χ0n) is 24.3. The van der Waals surface area contributed by atoms with Gasteiger partial charge in [-0.3, -0.25) is 4.79 Å². The van der Waals surface area contributed by atoms with Crippen LogP contribution in [-0.2, 0) is 4.79 Å². The van der Waals surface area contributed by atoms with Crippen LogP contribution in [0, 0.1) is 18.8 Å². The number of likely N-dealkylation sites (tertiary alicyclic amines) is 2. The van der Waals surface area contributed by atoms with Crippen LogP contribution in [0.1, 0.15) is 57.9 Å². The number of aromatic nitrogens is 1. The molecule has 1 aliphatic carbocycles. The van der Waals surface area contributed by atoms with Gasteiger partial charge in [-0.05, 0) is 107 Å². The second kappa shape index (κ2) is 11.4. The van der Waals surface area contributed by atoms with Crippen molar-refractivity contribution in [2.45, 2.75) is 70.9 Å². The quantitative estimate of drug-likeness (QED) is 0.568. The van der Waals surface area contributed by atoms with E-state index in [1.165, 1.54) is 29.0 Å². The minimum Gasteiger partial charge on any atom is -0.493 e. The fourth-order valence-electron chi connectivity index (χ4n) is 6.83. The van der Waals surface area contributed by atoms with Crippen molar-refractivity contribution in [1.82, 2.24) is 14.8 Å². The molecule has 39 heavy (non-hydrogen) atoms. The summed E-state index contributed by atoms with van der Waals surface area (Å²) in [6, 6.07) is 6.67. The molecule has 3 aliphatic rings. The number of nitrogens with one attached hydrogen (secondary N) is 1. The molecule has 2 aromatic rings. The molecule has 212 valence electrons. The first-order chi connectivity index (χ1) is 18.7. The minimum atomic E-state index is -0.937. The molecule has 2 aliphatic heterocycles. The Kier molecular flexibility index (Phi) is 8.11. The molecule has 1 aromatic carbocycles. The molecule has 0 spiro atoms. The number of hydrogen-bond donors (Lipinski definition) is 2. The molecule has 2 fully saturated rings. The van der Waals surface area contributed by atoms with Crippen LogP contribution < -0.4 is 20.0 Å². The highest BCUT2D eigenvalue weighted by atomic mass is 16.5. The van der Waals surface area contributed by atoms with Crippen LogP contribution in [0.25, 0.3) is 23.4 Å². The molecule has 1 atom stereocenters. The first kappa shape index (κ1) is 27.8. The number of hydrogen-bond acceptors (Lipinski definition) is 5. The van der Waals surface area contributed by atoms with E-state index in [0.29, 0.717) is 17.9 Å². The minimum absolute atomic E-state index is 0.0810. The summed E-state index contributed by atoms with van der Waals surface area (Å²) in [7, 11) is 3.34. The second-order valence-corrected chi connectivity index (χ2v) is 12.3. The Balaban J connectivity index is 1.20. The number of ether oxygens (including phenoxy) is 2. The Bertz CT molecular complexity index is 1290. The monoisotopic (exact) mass is 535 g/mol. The lowest BCUT2D eigenvalue weighted by atomic mass is 9.80. The largest absolute Gasteiger partial charge is 0.493 e. The molecule has 2 saturated heterocycles. The van der Waals surface area contributed by atoms with Crippen LogP contribution in [0.2, 0.25) is 0 Å². The average molecular weight is 536 g/mol. The summed E-state index contributed by atoms with van der Waals surface area (Å²) >= 11 is 0. The van der Waals surface area contributed by atoms with Crippen molar-refractivity contribution in [2.24, 2.45) is 11.8 Å². The number of piperidine rings is 2. The van der Waals surface area contributed by atoms with Gasteiger partial charge in [-0.15, -0.1) is 0 Å². The number of rotatable bonds is 7. The smallest absolute Gasteiger partial charge is 0.225 e. The van der Waals surface area contributed by atoms with E-state index in [2.05, 4.69) is 35.0 Å². The number of H-pyrrole nitrogens is 1. The van der Waals surface area contributed by atoms with E-state index in [4.69, 9.17) is 9.47 Å². The highest BCUT2D eigenvalue weighted by Crippen LogP contribution is 2.34. The first-order valence-electron chi connectivity index (χ1n) is 14.5. The van der Waals surface area contributed by atoms with Gasteiger partial charge in [0.2, 0.25) is 5.91 Å². The molecule has 1 amide bonds. The number of aliphatic hydroxyl groups is 1. The maximum atomic E-state index is 12.5. The van der Waals surface area contributed by atoms with Gasteiger partial charge in [-0.1, -0.05) is 12.2 Å². The van der Waals surface area contributed by atoms with E-state index >= 15 is 0 Å². The zero-order chi connectivity index (χ0) is 27.7. The summed E-state index contributed by atoms with van der Waals surface area (Å²) in [5.41, 5.74) is 2.62. The van der Waals surface area contributed by atoms with Gasteiger partial charge in [0.25, 0.3) is 0 Å². The molecular weight excluding hydrogens is 490 g/mol. The number of aromatic amines is 1. The van der Waals surface area contributed by atoms with Gasteiger partial charge >= 0.3 is 0 Å². The van der Waals surface area contributed by atoms with E-state index in [9.17, 15) is 9.90 Å². The van der Waals surface area contributed by atoms with Crippen LogP contribution in [0.3, 0.4) is 0 Å². The molecule has 1 aromatic heterocycles. The van der Waals surface area contributed by atoms with Crippen molar-refractivity contribution in [2.75, 3.05) is 40.4 Å². The van der Waals surface area contributed by atoms with Gasteiger partial charge in [0, 0.05) is 35.7 Å². The van der Waals surface area contributed by atoms with Crippen molar-refractivity contribution in [3.63, 3.8) is 0 Å². The van der Waals surface area contributed by atoms with Gasteiger partial charge in [0.15, 0.2) is 11.5 Å². The Morgan fingerprint density at radius 1 is 1.05 bits per heavy atom. The molecule has 7 heteroatoms. The van der Waals surface area contributed by atoms with E-state index in [1.54, 1.807) is 28.1 Å². The van der Waals surface area contributed by atoms with Crippen molar-refractivity contribution < 1.29 is 19.4 Å². The lowest BCUT2D eigenvalue weighted by Crippen LogP contribution is -2.50. The second-order valence-electron chi connectivity index (χ2n) is 12.3. The predicted molar refractivity (Wildman–Crippen MR) is 155 cm³/mol. The first-order valence-corrected chi connectivity index (χ1v) is 14.5. The van der Waals surface area contributed by atoms with Crippen LogP contribution in [0.5, 0.6) is 11.5 Å². The molecule has 3 heterocycles. The van der Waals surface area contributed by atoms with E-state index in [1.807, 2.05) is 17.0 Å². The SMILES string of the molecule is COc1ccc(-c2[nH]c3c(c2C)=CC(C2CCN(C4CCN(C(=O)CC(C)(C)O)CC4)CC2)CC=3)cc1OC. The summed E-state index contributed by atoms with van der Waals surface area (Å²) in [5, 5.41) is 12.6. The molecular formula is C32H45N3O4. The highest BCUT2D eigenvalue weighted by Gasteiger charge is 2.33. The normalized spacial score (nSPS) is 21.2. The van der Waals surface area contributed by atoms with E-state index in [0.717, 1.165) is 68.2 Å². The van der Waals surface area contributed by atoms with E-state index < -0.39 is 5.60 Å². The highest BCUT2D eigenvalue weighted by molar-refractivity contribution is 5.77. The third-order valence-electron chi connectivity index (χ3n) is 9.07. The van der Waals surface area contributed by atoms with Gasteiger partial charge in [-0.2, -0.15) is 0 Å². The third kappa shape index (κ3) is 6.04. The van der Waals surface area contributed by atoms with Crippen LogP contribution >= 0.6 is 0 Å². The Morgan fingerprint density at radius 3 is 2.38 bits per heavy atom. The maximum Gasteiger partial charge on any atom is 0.225 e. The van der Waals surface area contributed by atoms with Crippen molar-refractivity contribution in [3.8, 4) is 22.8 Å². The van der Waals surface area contributed by atoms with Gasteiger partial charge in [0.05, 0.1) is 26.2 Å². The topological polar surface area (TPSA) is 78.0 Å². The third-order valence-corrected chi connectivity index (χ3v) is 9.07. The fourth-order valence-corrected chi connectivity index (χ4v) is 6.83. The van der Waals surface area contributed by atoms with Gasteiger partial charge in [-0.25, -0.2) is 0 Å². The summed E-state index contributed by atoms with van der Waals surface area (Å²) in [4.78, 5) is 20.8. The molecule has 1 unspecified atom stereocenters. The van der Waals surface area contributed by atoms with Crippen LogP contribution in [-0.4, -0.2) is 77.8 Å². The maximum absolute atomic E-state index is 12.5. The van der Waals surface area contributed by atoms with Crippen molar-refractivity contribution in [3.05, 3.63) is 34.3 Å². The summed E-state index contributed by atoms with van der Waals surface area (Å²) in [6.07, 6.45) is 10.7. The van der Waals surface area contributed by atoms with Gasteiger partial charge in [0.1, 0.15) is 0 Å². The lowest BCUT2D eigenvalue weighted by Gasteiger charge is -2.43. The molecule has 7 nitrogen and oxygen atoms in total. The van der Waals surface area contributed by atoms with E-state index in [-0.39, 0.29) is 12.3 Å². The zero-order valence-corrected chi connectivity index (χ0v) is 24.3. The fraction of sp³-hybridized carbons (Fsp3) is 0.594. The molecule has 5 rings (SSSR count). The summed E-state index contributed by atoms with van der Waals surface area (Å²) in [5.74, 6) is 2.85. The summed E-state index contributed by atoms with van der Waals surface area (Å²) in [6.45, 7) is 9.54. The molecule has 2 N–H and O–H groups in total. The van der Waals surface area contributed by atoms with Crippen molar-refractivity contribution >= 4 is 18.1 Å².